The Bertz CT molecular complexity index is 312. The Morgan fingerprint density at radius 2 is 2.00 bits per heavy atom. The average molecular weight is 196 g/mol. The van der Waals surface area contributed by atoms with Crippen molar-refractivity contribution in [2.75, 3.05) is 0 Å². The highest BCUT2D eigenvalue weighted by Gasteiger charge is 2.16. The first-order chi connectivity index (χ1) is 6.61. The molecule has 0 heterocycles. The van der Waals surface area contributed by atoms with Gasteiger partial charge in [-0.3, -0.25) is 0 Å². The zero-order valence-corrected chi connectivity index (χ0v) is 7.69. The number of aliphatic carboxylic acids is 2. The topological polar surface area (TPSA) is 74.6 Å². The zero-order valence-electron chi connectivity index (χ0n) is 7.69. The smallest absolute Gasteiger partial charge is 0.336 e. The molecular formula is C10H12O4. The molecule has 4 heteroatoms. The highest BCUT2D eigenvalue weighted by molar-refractivity contribution is 5.98. The van der Waals surface area contributed by atoms with Gasteiger partial charge in [0.1, 0.15) is 0 Å². The summed E-state index contributed by atoms with van der Waals surface area (Å²) in [5.41, 5.74) is 0.559. The summed E-state index contributed by atoms with van der Waals surface area (Å²) < 4.78 is 0. The fourth-order valence-corrected chi connectivity index (χ4v) is 1.50. The van der Waals surface area contributed by atoms with Gasteiger partial charge in [0.25, 0.3) is 0 Å². The maximum absolute atomic E-state index is 10.8. The quantitative estimate of drug-likeness (QED) is 0.672. The maximum atomic E-state index is 10.8. The van der Waals surface area contributed by atoms with Gasteiger partial charge in [-0.2, -0.15) is 0 Å². The zero-order chi connectivity index (χ0) is 10.6. The molecule has 76 valence electrons. The molecule has 14 heavy (non-hydrogen) atoms. The molecule has 4 nitrogen and oxygen atoms in total. The Labute approximate surface area is 81.6 Å². The lowest BCUT2D eigenvalue weighted by molar-refractivity contribution is -0.134. The van der Waals surface area contributed by atoms with Gasteiger partial charge in [-0.25, -0.2) is 9.59 Å². The molecule has 0 spiro atoms. The van der Waals surface area contributed by atoms with Gasteiger partial charge in [-0.1, -0.05) is 6.08 Å². The van der Waals surface area contributed by atoms with E-state index in [9.17, 15) is 9.59 Å². The second kappa shape index (κ2) is 4.60. The van der Waals surface area contributed by atoms with E-state index in [-0.39, 0.29) is 5.57 Å². The lowest BCUT2D eigenvalue weighted by atomic mass is 9.93. The van der Waals surface area contributed by atoms with Crippen LogP contribution in [0.25, 0.3) is 0 Å². The average Bonchev–Trinajstić information content (AvgIpc) is 2.15. The molecule has 0 saturated heterocycles. The van der Waals surface area contributed by atoms with Gasteiger partial charge < -0.3 is 10.2 Å². The Balaban J connectivity index is 2.93. The number of rotatable bonds is 3. The third kappa shape index (κ3) is 2.73. The van der Waals surface area contributed by atoms with E-state index in [4.69, 9.17) is 10.2 Å². The molecule has 0 unspecified atom stereocenters. The number of hydrogen-bond acceptors (Lipinski definition) is 2. The molecule has 0 aromatic carbocycles. The van der Waals surface area contributed by atoms with Gasteiger partial charge in [0, 0.05) is 6.08 Å². The summed E-state index contributed by atoms with van der Waals surface area (Å²) in [5, 5.41) is 17.3. The predicted octanol–water partition coefficient (Wildman–Crippen LogP) is 1.58. The number of allylic oxidation sites excluding steroid dienone is 1. The molecular weight excluding hydrogens is 184 g/mol. The Kier molecular flexibility index (Phi) is 3.45. The van der Waals surface area contributed by atoms with Gasteiger partial charge in [0.2, 0.25) is 0 Å². The number of carboxylic acid groups (broad SMARTS) is 2. The SMILES string of the molecule is O=C(O)/C=C(\C(=O)O)C1=CCCCC1. The Morgan fingerprint density at radius 3 is 2.43 bits per heavy atom. The van der Waals surface area contributed by atoms with Crippen LogP contribution in [0.3, 0.4) is 0 Å². The molecule has 1 aliphatic rings. The first kappa shape index (κ1) is 10.5. The predicted molar refractivity (Wildman–Crippen MR) is 49.9 cm³/mol. The summed E-state index contributed by atoms with van der Waals surface area (Å²) in [5.74, 6) is -2.38. The minimum absolute atomic E-state index is 0.0859. The van der Waals surface area contributed by atoms with Crippen molar-refractivity contribution in [1.29, 1.82) is 0 Å². The lowest BCUT2D eigenvalue weighted by Gasteiger charge is -2.12. The maximum Gasteiger partial charge on any atom is 0.336 e. The fourth-order valence-electron chi connectivity index (χ4n) is 1.50. The van der Waals surface area contributed by atoms with Crippen molar-refractivity contribution in [2.45, 2.75) is 25.7 Å². The van der Waals surface area contributed by atoms with E-state index in [0.29, 0.717) is 12.0 Å². The van der Waals surface area contributed by atoms with Crippen LogP contribution >= 0.6 is 0 Å². The third-order valence-corrected chi connectivity index (χ3v) is 2.14. The highest BCUT2D eigenvalue weighted by Crippen LogP contribution is 2.23. The van der Waals surface area contributed by atoms with E-state index in [2.05, 4.69) is 0 Å². The van der Waals surface area contributed by atoms with Crippen LogP contribution in [0.4, 0.5) is 0 Å². The first-order valence-corrected chi connectivity index (χ1v) is 4.48. The second-order valence-electron chi connectivity index (χ2n) is 3.18. The van der Waals surface area contributed by atoms with Crippen LogP contribution < -0.4 is 0 Å². The molecule has 0 amide bonds. The van der Waals surface area contributed by atoms with Crippen LogP contribution in [0.5, 0.6) is 0 Å². The summed E-state index contributed by atoms with van der Waals surface area (Å²) in [7, 11) is 0. The van der Waals surface area contributed by atoms with Crippen molar-refractivity contribution in [3.63, 3.8) is 0 Å². The fraction of sp³-hybridized carbons (Fsp3) is 0.400. The minimum atomic E-state index is -1.21. The van der Waals surface area contributed by atoms with Gasteiger partial charge in [-0.15, -0.1) is 0 Å². The van der Waals surface area contributed by atoms with E-state index in [1.54, 1.807) is 0 Å². The van der Waals surface area contributed by atoms with Crippen LogP contribution in [0.2, 0.25) is 0 Å². The molecule has 0 aromatic heterocycles. The summed E-state index contributed by atoms with van der Waals surface area (Å²) >= 11 is 0. The summed E-state index contributed by atoms with van der Waals surface area (Å²) in [4.78, 5) is 21.2. The summed E-state index contributed by atoms with van der Waals surface area (Å²) in [6.07, 6.45) is 6.04. The highest BCUT2D eigenvalue weighted by atomic mass is 16.4. The molecule has 0 atom stereocenters. The van der Waals surface area contributed by atoms with Gasteiger partial charge in [0.15, 0.2) is 0 Å². The molecule has 0 aromatic rings. The monoisotopic (exact) mass is 196 g/mol. The van der Waals surface area contributed by atoms with Gasteiger partial charge >= 0.3 is 11.9 Å². The molecule has 2 N–H and O–H groups in total. The normalized spacial score (nSPS) is 17.4. The third-order valence-electron chi connectivity index (χ3n) is 2.14. The lowest BCUT2D eigenvalue weighted by Crippen LogP contribution is -2.08. The van der Waals surface area contributed by atoms with E-state index in [0.717, 1.165) is 25.3 Å². The standard InChI is InChI=1S/C10H12O4/c11-9(12)6-8(10(13)14)7-4-2-1-3-5-7/h4,6H,1-3,5H2,(H,11,12)(H,13,14)/b8-6-. The molecule has 0 bridgehead atoms. The number of carbonyl (C=O) groups is 2. The molecule has 1 aliphatic carbocycles. The molecule has 0 radical (unpaired) electrons. The summed E-state index contributed by atoms with van der Waals surface area (Å²) in [6.45, 7) is 0. The van der Waals surface area contributed by atoms with Crippen LogP contribution in [0.15, 0.2) is 23.3 Å². The Hall–Kier alpha value is -1.58. The largest absolute Gasteiger partial charge is 0.478 e. The van der Waals surface area contributed by atoms with Crippen molar-refractivity contribution in [3.8, 4) is 0 Å². The van der Waals surface area contributed by atoms with E-state index >= 15 is 0 Å². The number of hydrogen-bond donors (Lipinski definition) is 2. The van der Waals surface area contributed by atoms with Crippen LogP contribution in [-0.2, 0) is 9.59 Å². The van der Waals surface area contributed by atoms with Crippen LogP contribution in [0, 0.1) is 0 Å². The van der Waals surface area contributed by atoms with E-state index < -0.39 is 11.9 Å². The minimum Gasteiger partial charge on any atom is -0.478 e. The van der Waals surface area contributed by atoms with Crippen molar-refractivity contribution >= 4 is 11.9 Å². The second-order valence-corrected chi connectivity index (χ2v) is 3.18. The van der Waals surface area contributed by atoms with Crippen molar-refractivity contribution in [1.82, 2.24) is 0 Å². The summed E-state index contributed by atoms with van der Waals surface area (Å²) in [6, 6.07) is 0. The molecule has 1 rings (SSSR count). The van der Waals surface area contributed by atoms with E-state index in [1.807, 2.05) is 6.08 Å². The van der Waals surface area contributed by atoms with Crippen molar-refractivity contribution in [2.24, 2.45) is 0 Å². The molecule has 0 fully saturated rings. The van der Waals surface area contributed by atoms with Crippen molar-refractivity contribution in [3.05, 3.63) is 23.3 Å². The molecule has 0 saturated carbocycles. The van der Waals surface area contributed by atoms with Crippen LogP contribution in [0.1, 0.15) is 25.7 Å². The van der Waals surface area contributed by atoms with Gasteiger partial charge in [-0.05, 0) is 31.3 Å². The first-order valence-electron chi connectivity index (χ1n) is 4.48. The van der Waals surface area contributed by atoms with E-state index in [1.165, 1.54) is 0 Å². The molecule has 0 aliphatic heterocycles. The van der Waals surface area contributed by atoms with Crippen molar-refractivity contribution < 1.29 is 19.8 Å². The van der Waals surface area contributed by atoms with Gasteiger partial charge in [0.05, 0.1) is 5.57 Å². The Morgan fingerprint density at radius 1 is 1.29 bits per heavy atom. The van der Waals surface area contributed by atoms with Crippen LogP contribution in [-0.4, -0.2) is 22.2 Å². The number of carboxylic acids is 2.